The van der Waals surface area contributed by atoms with E-state index in [1.807, 2.05) is 0 Å². The van der Waals surface area contributed by atoms with E-state index in [0.717, 1.165) is 4.31 Å². The lowest BCUT2D eigenvalue weighted by atomic mass is 10.1. The van der Waals surface area contributed by atoms with Gasteiger partial charge in [0.1, 0.15) is 10.7 Å². The van der Waals surface area contributed by atoms with Gasteiger partial charge in [-0.3, -0.25) is 0 Å². The molecule has 1 aliphatic rings. The molecule has 146 valence electrons. The first kappa shape index (κ1) is 20.5. The molecule has 27 heavy (non-hydrogen) atoms. The van der Waals surface area contributed by atoms with Crippen molar-refractivity contribution in [3.05, 3.63) is 63.9 Å². The first-order chi connectivity index (χ1) is 12.6. The number of sulfone groups is 1. The van der Waals surface area contributed by atoms with Crippen molar-refractivity contribution < 1.29 is 21.2 Å². The average Bonchev–Trinajstić information content (AvgIpc) is 2.76. The third-order valence-corrected chi connectivity index (χ3v) is 9.19. The highest BCUT2D eigenvalue weighted by molar-refractivity contribution is 7.92. The third-order valence-electron chi connectivity index (χ3n) is 4.46. The molecule has 1 unspecified atom stereocenters. The highest BCUT2D eigenvalue weighted by Gasteiger charge is 2.37. The van der Waals surface area contributed by atoms with Crippen molar-refractivity contribution in [3.8, 4) is 0 Å². The van der Waals surface area contributed by atoms with Gasteiger partial charge in [0.2, 0.25) is 10.0 Å². The van der Waals surface area contributed by atoms with Crippen LogP contribution in [0.3, 0.4) is 0 Å². The Bertz CT molecular complexity index is 1070. The molecule has 0 bridgehead atoms. The molecule has 0 amide bonds. The van der Waals surface area contributed by atoms with Crippen LogP contribution < -0.4 is 0 Å². The normalized spacial score (nSPS) is 20.9. The molecule has 0 N–H and O–H groups in total. The minimum absolute atomic E-state index is 0.00263. The summed E-state index contributed by atoms with van der Waals surface area (Å²) < 4.78 is 66.4. The van der Waals surface area contributed by atoms with Crippen LogP contribution in [0.4, 0.5) is 4.39 Å². The molecule has 2 aromatic rings. The maximum Gasteiger partial charge on any atom is 0.244 e. The average molecular weight is 452 g/mol. The fourth-order valence-electron chi connectivity index (χ4n) is 3.06. The van der Waals surface area contributed by atoms with Crippen molar-refractivity contribution in [1.82, 2.24) is 4.31 Å². The van der Waals surface area contributed by atoms with Crippen LogP contribution in [0.2, 0.25) is 10.0 Å². The summed E-state index contributed by atoms with van der Waals surface area (Å²) in [4.78, 5) is -0.182. The van der Waals surface area contributed by atoms with Gasteiger partial charge in [0.05, 0.1) is 16.0 Å². The number of halogens is 3. The summed E-state index contributed by atoms with van der Waals surface area (Å²) in [6.07, 6.45) is -0.0549. The van der Waals surface area contributed by atoms with Crippen LogP contribution in [0.1, 0.15) is 17.2 Å². The smallest absolute Gasteiger partial charge is 0.228 e. The van der Waals surface area contributed by atoms with Gasteiger partial charge in [0.15, 0.2) is 9.84 Å². The molecule has 0 spiro atoms. The van der Waals surface area contributed by atoms with Crippen molar-refractivity contribution in [1.29, 1.82) is 0 Å². The van der Waals surface area contributed by atoms with Crippen molar-refractivity contribution in [2.75, 3.05) is 18.8 Å². The molecule has 0 saturated carbocycles. The molecule has 2 aromatic carbocycles. The molecular weight excluding hydrogens is 436 g/mol. The van der Waals surface area contributed by atoms with Crippen LogP contribution in [0.25, 0.3) is 0 Å². The monoisotopic (exact) mass is 451 g/mol. The van der Waals surface area contributed by atoms with E-state index in [1.54, 1.807) is 6.07 Å². The Morgan fingerprint density at radius 3 is 2.48 bits per heavy atom. The Morgan fingerprint density at radius 1 is 1.07 bits per heavy atom. The third kappa shape index (κ3) is 4.14. The second-order valence-electron chi connectivity index (χ2n) is 6.14. The number of rotatable bonds is 3. The molecule has 1 atom stereocenters. The molecule has 3 rings (SSSR count). The van der Waals surface area contributed by atoms with Crippen LogP contribution in [-0.4, -0.2) is 40.0 Å². The summed E-state index contributed by atoms with van der Waals surface area (Å²) in [7, 11) is -7.78. The number of hydrogen-bond acceptors (Lipinski definition) is 4. The van der Waals surface area contributed by atoms with Gasteiger partial charge < -0.3 is 0 Å². The van der Waals surface area contributed by atoms with Gasteiger partial charge in [-0.05, 0) is 30.7 Å². The molecule has 1 heterocycles. The summed E-state index contributed by atoms with van der Waals surface area (Å²) in [5.41, 5.74) is 0.0533. The lowest BCUT2D eigenvalue weighted by Crippen LogP contribution is -2.33. The predicted molar refractivity (Wildman–Crippen MR) is 103 cm³/mol. The van der Waals surface area contributed by atoms with E-state index in [1.165, 1.54) is 36.4 Å². The largest absolute Gasteiger partial charge is 0.244 e. The predicted octanol–water partition coefficient (Wildman–Crippen LogP) is 3.68. The van der Waals surface area contributed by atoms with E-state index in [0.29, 0.717) is 0 Å². The van der Waals surface area contributed by atoms with Crippen molar-refractivity contribution in [2.45, 2.75) is 16.6 Å². The zero-order valence-electron chi connectivity index (χ0n) is 14.0. The van der Waals surface area contributed by atoms with Crippen LogP contribution in [0.15, 0.2) is 47.4 Å². The number of nitrogens with zero attached hydrogens (tertiary/aromatic N) is 1. The second kappa shape index (κ2) is 7.67. The lowest BCUT2D eigenvalue weighted by Gasteiger charge is -2.20. The van der Waals surface area contributed by atoms with E-state index in [4.69, 9.17) is 23.2 Å². The minimum atomic E-state index is -4.05. The van der Waals surface area contributed by atoms with E-state index in [2.05, 4.69) is 0 Å². The second-order valence-corrected chi connectivity index (χ2v) is 11.2. The zero-order valence-corrected chi connectivity index (χ0v) is 17.1. The van der Waals surface area contributed by atoms with Gasteiger partial charge in [-0.1, -0.05) is 41.4 Å². The Balaban J connectivity index is 1.96. The Morgan fingerprint density at radius 2 is 1.78 bits per heavy atom. The van der Waals surface area contributed by atoms with Gasteiger partial charge in [0.25, 0.3) is 0 Å². The number of hydrogen-bond donors (Lipinski definition) is 0. The van der Waals surface area contributed by atoms with Gasteiger partial charge in [-0.25, -0.2) is 21.2 Å². The fraction of sp³-hybridized carbons (Fsp3) is 0.294. The fourth-order valence-corrected chi connectivity index (χ4v) is 7.17. The number of sulfonamides is 1. The Kier molecular flexibility index (Phi) is 5.84. The summed E-state index contributed by atoms with van der Waals surface area (Å²) in [6, 6.07) is 9.69. The molecule has 0 aromatic heterocycles. The van der Waals surface area contributed by atoms with Crippen LogP contribution in [-0.2, 0) is 19.9 Å². The topological polar surface area (TPSA) is 71.5 Å². The van der Waals surface area contributed by atoms with E-state index < -0.39 is 36.7 Å². The highest BCUT2D eigenvalue weighted by Crippen LogP contribution is 2.34. The van der Waals surface area contributed by atoms with E-state index in [-0.39, 0.29) is 40.0 Å². The quantitative estimate of drug-likeness (QED) is 0.713. The van der Waals surface area contributed by atoms with Crippen molar-refractivity contribution in [3.63, 3.8) is 0 Å². The molecule has 0 radical (unpaired) electrons. The van der Waals surface area contributed by atoms with Crippen molar-refractivity contribution >= 4 is 43.1 Å². The number of benzene rings is 2. The van der Waals surface area contributed by atoms with Crippen LogP contribution >= 0.6 is 23.2 Å². The molecule has 5 nitrogen and oxygen atoms in total. The molecule has 1 aliphatic heterocycles. The van der Waals surface area contributed by atoms with Crippen molar-refractivity contribution in [2.24, 2.45) is 0 Å². The van der Waals surface area contributed by atoms with Crippen LogP contribution in [0.5, 0.6) is 0 Å². The summed E-state index contributed by atoms with van der Waals surface area (Å²) in [5, 5.41) is -0.907. The van der Waals surface area contributed by atoms with Gasteiger partial charge in [-0.15, -0.1) is 0 Å². The Hall–Kier alpha value is -1.19. The lowest BCUT2D eigenvalue weighted by molar-refractivity contribution is 0.427. The molecule has 1 saturated heterocycles. The van der Waals surface area contributed by atoms with E-state index >= 15 is 0 Å². The summed E-state index contributed by atoms with van der Waals surface area (Å²) >= 11 is 11.9. The van der Waals surface area contributed by atoms with Gasteiger partial charge in [-0.2, -0.15) is 4.31 Å². The highest BCUT2D eigenvalue weighted by atomic mass is 35.5. The molecular formula is C17H16Cl2FNO4S2. The molecule has 0 aliphatic carbocycles. The first-order valence-corrected chi connectivity index (χ1v) is 12.0. The zero-order chi connectivity index (χ0) is 19.8. The SMILES string of the molecule is O=S1(=O)CCN(S(=O)(=O)c2cc(Cl)ccc2Cl)CCC1c1ccccc1F. The molecule has 1 fully saturated rings. The minimum Gasteiger partial charge on any atom is -0.228 e. The maximum atomic E-state index is 14.1. The molecule has 10 heteroatoms. The van der Waals surface area contributed by atoms with Crippen LogP contribution in [0, 0.1) is 5.82 Å². The standard InChI is InChI=1S/C17H16Cl2FNO4S2/c18-12-5-6-14(19)17(11-12)27(24,25)21-8-7-16(26(22,23)10-9-21)13-3-1-2-4-15(13)20/h1-6,11,16H,7-10H2. The van der Waals surface area contributed by atoms with E-state index in [9.17, 15) is 21.2 Å². The van der Waals surface area contributed by atoms with Gasteiger partial charge in [0, 0.05) is 23.7 Å². The summed E-state index contributed by atoms with van der Waals surface area (Å²) in [6.45, 7) is -0.318. The van der Waals surface area contributed by atoms with Gasteiger partial charge >= 0.3 is 0 Å². The first-order valence-electron chi connectivity index (χ1n) is 8.04. The maximum absolute atomic E-state index is 14.1. The Labute approximate surface area is 167 Å². The summed E-state index contributed by atoms with van der Waals surface area (Å²) in [5.74, 6) is -1.04.